The first kappa shape index (κ1) is 34.0. The smallest absolute Gasteiger partial charge is 0.220 e. The Kier molecular flexibility index (Phi) is 12.3. The summed E-state index contributed by atoms with van der Waals surface area (Å²) in [6.07, 6.45) is 2.52. The number of amides is 2. The number of thioether (sulfide) groups is 1. The molecule has 12 nitrogen and oxygen atoms in total. The van der Waals surface area contributed by atoms with Gasteiger partial charge >= 0.3 is 0 Å². The van der Waals surface area contributed by atoms with E-state index in [1.165, 1.54) is 18.7 Å². The molecule has 5 rings (SSSR count). The number of ether oxygens (including phenoxy) is 2. The van der Waals surface area contributed by atoms with Crippen LogP contribution < -0.4 is 10.6 Å². The highest BCUT2D eigenvalue weighted by Crippen LogP contribution is 2.39. The summed E-state index contributed by atoms with van der Waals surface area (Å²) in [4.78, 5) is 23.3. The summed E-state index contributed by atoms with van der Waals surface area (Å²) in [5.74, 6) is 0.696. The second-order valence-corrected chi connectivity index (χ2v) is 12.3. The summed E-state index contributed by atoms with van der Waals surface area (Å²) in [6, 6.07) is 22.3. The Balaban J connectivity index is 1.20. The summed E-state index contributed by atoms with van der Waals surface area (Å²) in [5.41, 5.74) is 4.38. The number of aliphatic hydroxyl groups excluding tert-OH is 1. The van der Waals surface area contributed by atoms with Crippen LogP contribution in [0.15, 0.2) is 78.0 Å². The van der Waals surface area contributed by atoms with E-state index in [9.17, 15) is 19.8 Å². The minimum Gasteiger partial charge on any atom is -0.508 e. The van der Waals surface area contributed by atoms with E-state index in [4.69, 9.17) is 9.47 Å². The average molecular weight is 661 g/mol. The maximum Gasteiger partial charge on any atom is 0.220 e. The molecule has 0 spiro atoms. The molecule has 1 aromatic heterocycles. The largest absolute Gasteiger partial charge is 0.508 e. The van der Waals surface area contributed by atoms with Crippen molar-refractivity contribution in [2.24, 2.45) is 0 Å². The number of rotatable bonds is 15. The molecule has 2 amide bonds. The number of hydrogen-bond acceptors (Lipinski definition) is 10. The summed E-state index contributed by atoms with van der Waals surface area (Å²) in [6.45, 7) is 2.53. The molecule has 0 aliphatic carbocycles. The van der Waals surface area contributed by atoms with Gasteiger partial charge in [-0.1, -0.05) is 66.7 Å². The van der Waals surface area contributed by atoms with Gasteiger partial charge in [-0.2, -0.15) is 4.68 Å². The van der Waals surface area contributed by atoms with E-state index in [2.05, 4.69) is 26.2 Å². The summed E-state index contributed by atoms with van der Waals surface area (Å²) >= 11 is 1.48. The number of benzene rings is 3. The quantitative estimate of drug-likeness (QED) is 0.106. The Morgan fingerprint density at radius 1 is 0.915 bits per heavy atom. The molecule has 1 aliphatic heterocycles. The van der Waals surface area contributed by atoms with Crippen LogP contribution in [0.1, 0.15) is 73.7 Å². The molecule has 13 heteroatoms. The monoisotopic (exact) mass is 660 g/mol. The van der Waals surface area contributed by atoms with E-state index in [0.29, 0.717) is 36.8 Å². The second kappa shape index (κ2) is 17.0. The number of unbranched alkanes of at least 4 members (excludes halogenated alkanes) is 2. The first-order valence-electron chi connectivity index (χ1n) is 15.7. The molecule has 47 heavy (non-hydrogen) atoms. The molecular formula is C34H40N6O6S. The maximum atomic E-state index is 12.3. The maximum absolute atomic E-state index is 12.3. The highest BCUT2D eigenvalue weighted by molar-refractivity contribution is 7.99. The summed E-state index contributed by atoms with van der Waals surface area (Å²) in [5, 5.41) is 37.7. The van der Waals surface area contributed by atoms with Crippen molar-refractivity contribution in [2.75, 3.05) is 12.3 Å². The predicted molar refractivity (Wildman–Crippen MR) is 175 cm³/mol. The fourth-order valence-electron chi connectivity index (χ4n) is 5.15. The molecule has 248 valence electrons. The molecule has 1 fully saturated rings. The molecule has 2 heterocycles. The van der Waals surface area contributed by atoms with Gasteiger partial charge in [-0.05, 0) is 64.2 Å². The van der Waals surface area contributed by atoms with Gasteiger partial charge in [-0.3, -0.25) is 9.59 Å². The molecule has 0 radical (unpaired) electrons. The Labute approximate surface area is 277 Å². The number of aromatic hydroxyl groups is 1. The summed E-state index contributed by atoms with van der Waals surface area (Å²) in [7, 11) is 0. The van der Waals surface area contributed by atoms with Crippen LogP contribution >= 0.6 is 11.8 Å². The number of nitrogens with one attached hydrogen (secondary N) is 2. The Morgan fingerprint density at radius 2 is 1.64 bits per heavy atom. The van der Waals surface area contributed by atoms with Crippen molar-refractivity contribution < 1.29 is 29.3 Å². The zero-order valence-electron chi connectivity index (χ0n) is 26.2. The second-order valence-electron chi connectivity index (χ2n) is 11.4. The van der Waals surface area contributed by atoms with Crippen LogP contribution in [0.3, 0.4) is 0 Å². The predicted octanol–water partition coefficient (Wildman–Crippen LogP) is 4.51. The highest BCUT2D eigenvalue weighted by Gasteiger charge is 2.32. The van der Waals surface area contributed by atoms with Crippen LogP contribution in [-0.4, -0.2) is 60.6 Å². The normalized spacial score (nSPS) is 17.7. The van der Waals surface area contributed by atoms with Crippen LogP contribution in [0.5, 0.6) is 5.75 Å². The van der Waals surface area contributed by atoms with Gasteiger partial charge in [0.2, 0.25) is 17.0 Å². The number of aliphatic hydroxyl groups is 1. The third kappa shape index (κ3) is 10.1. The summed E-state index contributed by atoms with van der Waals surface area (Å²) < 4.78 is 14.6. The lowest BCUT2D eigenvalue weighted by molar-refractivity contribution is -0.245. The molecule has 0 unspecified atom stereocenters. The van der Waals surface area contributed by atoms with E-state index < -0.39 is 6.29 Å². The van der Waals surface area contributed by atoms with Crippen molar-refractivity contribution in [3.05, 3.63) is 95.1 Å². The number of aromatic nitrogens is 4. The van der Waals surface area contributed by atoms with Crippen molar-refractivity contribution in [2.45, 2.75) is 75.8 Å². The van der Waals surface area contributed by atoms with Crippen molar-refractivity contribution in [3.8, 4) is 11.4 Å². The molecule has 1 saturated heterocycles. The van der Waals surface area contributed by atoms with E-state index in [1.54, 1.807) is 28.9 Å². The zero-order chi connectivity index (χ0) is 33.0. The van der Waals surface area contributed by atoms with Crippen LogP contribution in [0, 0.1) is 0 Å². The van der Waals surface area contributed by atoms with Gasteiger partial charge in [0.1, 0.15) is 5.75 Å². The number of phenolic OH excluding ortho intramolecular Hbond substituents is 1. The van der Waals surface area contributed by atoms with Crippen LogP contribution in [0.2, 0.25) is 0 Å². The Morgan fingerprint density at radius 3 is 2.36 bits per heavy atom. The van der Waals surface area contributed by atoms with Gasteiger partial charge in [0.25, 0.3) is 0 Å². The first-order valence-corrected chi connectivity index (χ1v) is 16.7. The average Bonchev–Trinajstić information content (AvgIpc) is 3.57. The molecular weight excluding hydrogens is 620 g/mol. The fraction of sp³-hybridized carbons (Fsp3) is 0.382. The van der Waals surface area contributed by atoms with Crippen molar-refractivity contribution in [1.82, 2.24) is 30.8 Å². The van der Waals surface area contributed by atoms with Gasteiger partial charge in [0.15, 0.2) is 6.29 Å². The molecule has 3 aromatic carbocycles. The topological polar surface area (TPSA) is 161 Å². The Bertz CT molecular complexity index is 1580. The SMILES string of the molecule is CC(=O)NCCCCCC(=O)NCc1ccc([C@H]2O[C@@H](CSc3nnnn3-c3ccc(O)cc3)C[C@@H](c3ccc(CO)cc3)O2)cc1. The van der Waals surface area contributed by atoms with Crippen molar-refractivity contribution in [1.29, 1.82) is 0 Å². The third-order valence-corrected chi connectivity index (χ3v) is 8.80. The van der Waals surface area contributed by atoms with E-state index in [-0.39, 0.29) is 36.4 Å². The van der Waals surface area contributed by atoms with Crippen molar-refractivity contribution in [3.63, 3.8) is 0 Å². The third-order valence-electron chi connectivity index (χ3n) is 7.74. The zero-order valence-corrected chi connectivity index (χ0v) is 27.1. The van der Waals surface area contributed by atoms with Gasteiger partial charge in [-0.15, -0.1) is 5.10 Å². The van der Waals surface area contributed by atoms with Crippen LogP contribution in [-0.2, 0) is 32.2 Å². The number of tetrazole rings is 1. The number of nitrogens with zero attached hydrogens (tertiary/aromatic N) is 4. The van der Waals surface area contributed by atoms with Gasteiger partial charge < -0.3 is 30.3 Å². The van der Waals surface area contributed by atoms with E-state index in [0.717, 1.165) is 47.2 Å². The fourth-order valence-corrected chi connectivity index (χ4v) is 6.06. The van der Waals surface area contributed by atoms with Gasteiger partial charge in [-0.25, -0.2) is 0 Å². The lowest BCUT2D eigenvalue weighted by atomic mass is 10.0. The molecule has 4 aromatic rings. The van der Waals surface area contributed by atoms with E-state index >= 15 is 0 Å². The van der Waals surface area contributed by atoms with Crippen LogP contribution in [0.25, 0.3) is 5.69 Å². The minimum atomic E-state index is -0.619. The molecule has 0 bridgehead atoms. The number of carbonyl (C=O) groups is 2. The van der Waals surface area contributed by atoms with Crippen LogP contribution in [0.4, 0.5) is 0 Å². The molecule has 0 saturated carbocycles. The number of hydrogen-bond donors (Lipinski definition) is 4. The molecule has 4 N–H and O–H groups in total. The van der Waals surface area contributed by atoms with Gasteiger partial charge in [0.05, 0.1) is 24.5 Å². The molecule has 3 atom stereocenters. The highest BCUT2D eigenvalue weighted by atomic mass is 32.2. The lowest BCUT2D eigenvalue weighted by Gasteiger charge is -2.36. The number of carbonyl (C=O) groups excluding carboxylic acids is 2. The van der Waals surface area contributed by atoms with E-state index in [1.807, 2.05) is 48.5 Å². The van der Waals surface area contributed by atoms with Gasteiger partial charge in [0, 0.05) is 44.2 Å². The molecule has 1 aliphatic rings. The van der Waals surface area contributed by atoms with Crippen molar-refractivity contribution >= 4 is 23.6 Å². The Hall–Kier alpha value is -4.30. The first-order chi connectivity index (χ1) is 22.9. The number of phenols is 1. The lowest BCUT2D eigenvalue weighted by Crippen LogP contribution is -2.31. The standard InChI is InChI=1S/C34H40N6O6S/c1-23(42)35-18-4-2-3-5-32(44)36-20-24-6-12-27(13-7-24)33-45-30(19-31(46-33)26-10-8-25(21-41)9-11-26)22-47-34-37-38-39-40(34)28-14-16-29(43)17-15-28/h6-17,30-31,33,41,43H,2-5,18-22H2,1H3,(H,35,42)(H,36,44)/t30-,31+,33+/m1/s1. The minimum absolute atomic E-state index is 0.000560.